The van der Waals surface area contributed by atoms with Crippen LogP contribution in [-0.4, -0.2) is 45.8 Å². The van der Waals surface area contributed by atoms with E-state index in [1.807, 2.05) is 28.6 Å². The fraction of sp³-hybridized carbons (Fsp3) is 0.391. The highest BCUT2D eigenvalue weighted by Gasteiger charge is 2.42. The molecule has 0 aliphatic carbocycles. The molecule has 6 nitrogen and oxygen atoms in total. The number of nitrogens with one attached hydrogen (secondary N) is 1. The highest BCUT2D eigenvalue weighted by molar-refractivity contribution is 5.74. The second-order valence-electron chi connectivity index (χ2n) is 8.11. The molecule has 0 unspecified atom stereocenters. The fourth-order valence-corrected chi connectivity index (χ4v) is 4.69. The van der Waals surface area contributed by atoms with E-state index in [-0.39, 0.29) is 11.6 Å². The molecule has 3 aromatic rings. The first kappa shape index (κ1) is 18.0. The van der Waals surface area contributed by atoms with Gasteiger partial charge in [0.05, 0.1) is 5.52 Å². The average molecular weight is 390 g/mol. The van der Waals surface area contributed by atoms with Crippen molar-refractivity contribution >= 4 is 11.5 Å². The highest BCUT2D eigenvalue weighted by Crippen LogP contribution is 2.42. The Hall–Kier alpha value is -3.02. The fourth-order valence-electron chi connectivity index (χ4n) is 4.69. The Morgan fingerprint density at radius 2 is 2.03 bits per heavy atom. The number of likely N-dealkylation sites (tertiary alicyclic amines) is 1. The summed E-state index contributed by atoms with van der Waals surface area (Å²) < 4.78 is 8.41. The average Bonchev–Trinajstić information content (AvgIpc) is 3.33. The molecular weight excluding hydrogens is 364 g/mol. The van der Waals surface area contributed by atoms with E-state index < -0.39 is 0 Å². The zero-order valence-electron chi connectivity index (χ0n) is 16.9. The van der Waals surface area contributed by atoms with Gasteiger partial charge in [-0.2, -0.15) is 5.10 Å². The highest BCUT2D eigenvalue weighted by atomic mass is 16.5. The number of rotatable bonds is 2. The van der Waals surface area contributed by atoms with Crippen LogP contribution in [0.25, 0.3) is 16.6 Å². The van der Waals surface area contributed by atoms with Gasteiger partial charge in [0.2, 0.25) is 0 Å². The zero-order chi connectivity index (χ0) is 20.0. The summed E-state index contributed by atoms with van der Waals surface area (Å²) in [5, 5.41) is 7.33. The van der Waals surface area contributed by atoms with Gasteiger partial charge in [0.15, 0.2) is 0 Å². The van der Waals surface area contributed by atoms with Gasteiger partial charge in [-0.15, -0.1) is 0 Å². The Kier molecular flexibility index (Phi) is 4.23. The maximum Gasteiger partial charge on any atom is 0.317 e. The van der Waals surface area contributed by atoms with Crippen molar-refractivity contribution < 1.29 is 9.53 Å². The maximum atomic E-state index is 12.1. The molecule has 0 radical (unpaired) electrons. The van der Waals surface area contributed by atoms with Crippen LogP contribution in [0, 0.1) is 6.92 Å². The lowest BCUT2D eigenvalue weighted by atomic mass is 9.86. The van der Waals surface area contributed by atoms with Crippen LogP contribution in [0.15, 0.2) is 42.6 Å². The number of aryl methyl sites for hydroxylation is 1. The number of hydrogen-bond donors (Lipinski definition) is 1. The lowest BCUT2D eigenvalue weighted by Gasteiger charge is -2.38. The summed E-state index contributed by atoms with van der Waals surface area (Å²) in [5.74, 6) is 0.984. The number of carbonyl (C=O) groups is 1. The lowest BCUT2D eigenvalue weighted by Crippen LogP contribution is -2.51. The molecule has 0 saturated carbocycles. The van der Waals surface area contributed by atoms with E-state index in [9.17, 15) is 4.79 Å². The molecular formula is C23H26N4O2. The number of urea groups is 1. The number of hydrogen-bond acceptors (Lipinski definition) is 3. The summed E-state index contributed by atoms with van der Waals surface area (Å²) in [6.07, 6.45) is 4.47. The molecule has 29 heavy (non-hydrogen) atoms. The van der Waals surface area contributed by atoms with E-state index in [0.29, 0.717) is 6.54 Å². The number of fused-ring (bicyclic) bond motifs is 2. The quantitative estimate of drug-likeness (QED) is 0.724. The lowest BCUT2D eigenvalue weighted by molar-refractivity contribution is 0.0303. The summed E-state index contributed by atoms with van der Waals surface area (Å²) in [5.41, 5.74) is 5.71. The van der Waals surface area contributed by atoms with E-state index in [1.165, 1.54) is 16.7 Å². The van der Waals surface area contributed by atoms with Crippen LogP contribution in [0.3, 0.4) is 0 Å². The van der Waals surface area contributed by atoms with Crippen molar-refractivity contribution in [2.75, 3.05) is 19.6 Å². The first-order chi connectivity index (χ1) is 14.1. The van der Waals surface area contributed by atoms with Crippen LogP contribution in [0.5, 0.6) is 5.75 Å². The van der Waals surface area contributed by atoms with Gasteiger partial charge in [-0.05, 0) is 49.2 Å². The second kappa shape index (κ2) is 6.79. The van der Waals surface area contributed by atoms with Crippen molar-refractivity contribution in [2.45, 2.75) is 38.7 Å². The molecule has 0 bridgehead atoms. The van der Waals surface area contributed by atoms with E-state index >= 15 is 0 Å². The van der Waals surface area contributed by atoms with Crippen LogP contribution >= 0.6 is 0 Å². The minimum Gasteiger partial charge on any atom is -0.487 e. The van der Waals surface area contributed by atoms with Crippen LogP contribution in [0.2, 0.25) is 0 Å². The van der Waals surface area contributed by atoms with Crippen LogP contribution < -0.4 is 10.1 Å². The molecule has 150 valence electrons. The summed E-state index contributed by atoms with van der Waals surface area (Å²) in [6, 6.07) is 12.8. The van der Waals surface area contributed by atoms with Crippen molar-refractivity contribution in [3.63, 3.8) is 0 Å². The standard InChI is InChI=1S/C23H26N4O2/c1-3-24-22(28)26-12-9-23(10-13-26)15-18-14-17(4-7-21(18)29-23)20-6-5-19-8-11-25-27(19)16(20)2/h4-8,11,14H,3,9-10,12-13,15H2,1-2H3,(H,24,28). The van der Waals surface area contributed by atoms with E-state index in [4.69, 9.17) is 4.74 Å². The number of aromatic nitrogens is 2. The summed E-state index contributed by atoms with van der Waals surface area (Å²) in [7, 11) is 0. The molecule has 1 N–H and O–H groups in total. The first-order valence-electron chi connectivity index (χ1n) is 10.4. The summed E-state index contributed by atoms with van der Waals surface area (Å²) >= 11 is 0. The molecule has 2 aliphatic rings. The Balaban J connectivity index is 1.37. The Morgan fingerprint density at radius 1 is 1.21 bits per heavy atom. The third-order valence-electron chi connectivity index (χ3n) is 6.30. The maximum absolute atomic E-state index is 12.1. The molecule has 1 fully saturated rings. The van der Waals surface area contributed by atoms with Gasteiger partial charge in [0.1, 0.15) is 11.4 Å². The van der Waals surface area contributed by atoms with Gasteiger partial charge in [-0.3, -0.25) is 0 Å². The monoisotopic (exact) mass is 390 g/mol. The van der Waals surface area contributed by atoms with Crippen LogP contribution in [0.1, 0.15) is 31.0 Å². The van der Waals surface area contributed by atoms with Crippen molar-refractivity contribution in [3.8, 4) is 16.9 Å². The smallest absolute Gasteiger partial charge is 0.317 e. The van der Waals surface area contributed by atoms with Gasteiger partial charge in [-0.1, -0.05) is 12.1 Å². The Bertz CT molecular complexity index is 1080. The minimum absolute atomic E-state index is 0.0321. The predicted molar refractivity (Wildman–Crippen MR) is 112 cm³/mol. The van der Waals surface area contributed by atoms with Gasteiger partial charge in [0, 0.05) is 56.4 Å². The molecule has 1 spiro atoms. The molecule has 6 heteroatoms. The molecule has 1 aromatic carbocycles. The largest absolute Gasteiger partial charge is 0.487 e. The Labute approximate surface area is 170 Å². The minimum atomic E-state index is -0.176. The van der Waals surface area contributed by atoms with Crippen molar-refractivity contribution in [1.29, 1.82) is 0 Å². The van der Waals surface area contributed by atoms with Crippen molar-refractivity contribution in [1.82, 2.24) is 19.8 Å². The number of pyridine rings is 1. The summed E-state index contributed by atoms with van der Waals surface area (Å²) in [4.78, 5) is 14.0. The number of benzene rings is 1. The van der Waals surface area contributed by atoms with Crippen LogP contribution in [-0.2, 0) is 6.42 Å². The molecule has 2 aliphatic heterocycles. The van der Waals surface area contributed by atoms with Gasteiger partial charge < -0.3 is 15.0 Å². The molecule has 0 atom stereocenters. The topological polar surface area (TPSA) is 58.9 Å². The van der Waals surface area contributed by atoms with Gasteiger partial charge in [-0.25, -0.2) is 9.31 Å². The van der Waals surface area contributed by atoms with E-state index in [1.54, 1.807) is 0 Å². The number of carbonyl (C=O) groups excluding carboxylic acids is 1. The molecule has 2 aromatic heterocycles. The summed E-state index contributed by atoms with van der Waals surface area (Å²) in [6.45, 7) is 6.19. The molecule has 5 rings (SSSR count). The van der Waals surface area contributed by atoms with Crippen molar-refractivity contribution in [3.05, 3.63) is 53.9 Å². The number of ether oxygens (including phenoxy) is 1. The second-order valence-corrected chi connectivity index (χ2v) is 8.11. The molecule has 4 heterocycles. The normalized spacial score (nSPS) is 17.4. The zero-order valence-corrected chi connectivity index (χ0v) is 16.9. The Morgan fingerprint density at radius 3 is 2.83 bits per heavy atom. The molecule has 1 saturated heterocycles. The van der Waals surface area contributed by atoms with E-state index in [2.05, 4.69) is 47.7 Å². The van der Waals surface area contributed by atoms with Gasteiger partial charge in [0.25, 0.3) is 0 Å². The third kappa shape index (κ3) is 3.03. The third-order valence-corrected chi connectivity index (χ3v) is 6.30. The van der Waals surface area contributed by atoms with E-state index in [0.717, 1.165) is 49.3 Å². The molecule has 2 amide bonds. The SMILES string of the molecule is CCNC(=O)N1CCC2(CC1)Cc1cc(-c3ccc4ccnn4c3C)ccc1O2. The van der Waals surface area contributed by atoms with Crippen LogP contribution in [0.4, 0.5) is 4.79 Å². The van der Waals surface area contributed by atoms with Gasteiger partial charge >= 0.3 is 6.03 Å². The van der Waals surface area contributed by atoms with Crippen molar-refractivity contribution in [2.24, 2.45) is 0 Å². The number of piperidine rings is 1. The number of amides is 2. The first-order valence-corrected chi connectivity index (χ1v) is 10.4. The predicted octanol–water partition coefficient (Wildman–Crippen LogP) is 3.81. The number of nitrogens with zero attached hydrogens (tertiary/aromatic N) is 3.